The van der Waals surface area contributed by atoms with Crippen LogP contribution in [0.3, 0.4) is 0 Å². The van der Waals surface area contributed by atoms with Gasteiger partial charge in [-0.1, -0.05) is 12.1 Å². The number of ether oxygens (including phenoxy) is 2. The first-order valence-electron chi connectivity index (χ1n) is 4.98. The normalized spacial score (nSPS) is 10.3. The van der Waals surface area contributed by atoms with Crippen LogP contribution in [0.1, 0.15) is 6.92 Å². The van der Waals surface area contributed by atoms with E-state index in [4.69, 9.17) is 14.6 Å². The SMILES string of the molecule is CCOc1ccccc1OC/C=C/C(=O)O. The van der Waals surface area contributed by atoms with Crippen molar-refractivity contribution in [1.82, 2.24) is 0 Å². The highest BCUT2D eigenvalue weighted by Gasteiger charge is 2.01. The van der Waals surface area contributed by atoms with E-state index >= 15 is 0 Å². The average molecular weight is 222 g/mol. The van der Waals surface area contributed by atoms with E-state index in [0.29, 0.717) is 18.1 Å². The lowest BCUT2D eigenvalue weighted by Gasteiger charge is -2.09. The monoisotopic (exact) mass is 222 g/mol. The van der Waals surface area contributed by atoms with E-state index in [1.165, 1.54) is 6.08 Å². The second-order valence-electron chi connectivity index (χ2n) is 2.93. The fraction of sp³-hybridized carbons (Fsp3) is 0.250. The first-order valence-corrected chi connectivity index (χ1v) is 4.98. The molecular weight excluding hydrogens is 208 g/mol. The van der Waals surface area contributed by atoms with Gasteiger partial charge in [-0.05, 0) is 25.1 Å². The van der Waals surface area contributed by atoms with Gasteiger partial charge in [0, 0.05) is 6.08 Å². The number of carbonyl (C=O) groups is 1. The van der Waals surface area contributed by atoms with E-state index in [1.807, 2.05) is 19.1 Å². The molecule has 86 valence electrons. The molecule has 0 aliphatic carbocycles. The number of aliphatic carboxylic acids is 1. The van der Waals surface area contributed by atoms with Crippen molar-refractivity contribution in [3.8, 4) is 11.5 Å². The summed E-state index contributed by atoms with van der Waals surface area (Å²) in [7, 11) is 0. The lowest BCUT2D eigenvalue weighted by molar-refractivity contribution is -0.131. The molecule has 0 aliphatic rings. The molecule has 0 spiro atoms. The zero-order valence-electron chi connectivity index (χ0n) is 9.05. The van der Waals surface area contributed by atoms with Crippen LogP contribution in [0.2, 0.25) is 0 Å². The highest BCUT2D eigenvalue weighted by Crippen LogP contribution is 2.26. The molecule has 0 radical (unpaired) electrons. The van der Waals surface area contributed by atoms with Crippen LogP contribution in [-0.4, -0.2) is 24.3 Å². The van der Waals surface area contributed by atoms with Crippen molar-refractivity contribution in [2.45, 2.75) is 6.92 Å². The smallest absolute Gasteiger partial charge is 0.328 e. The minimum atomic E-state index is -0.985. The third-order valence-electron chi connectivity index (χ3n) is 1.74. The Morgan fingerprint density at radius 3 is 2.50 bits per heavy atom. The minimum Gasteiger partial charge on any atom is -0.490 e. The summed E-state index contributed by atoms with van der Waals surface area (Å²) >= 11 is 0. The molecule has 16 heavy (non-hydrogen) atoms. The third-order valence-corrected chi connectivity index (χ3v) is 1.74. The van der Waals surface area contributed by atoms with Gasteiger partial charge >= 0.3 is 5.97 Å². The van der Waals surface area contributed by atoms with Gasteiger partial charge in [0.15, 0.2) is 11.5 Å². The molecule has 0 unspecified atom stereocenters. The van der Waals surface area contributed by atoms with Gasteiger partial charge in [-0.25, -0.2) is 4.79 Å². The zero-order chi connectivity index (χ0) is 11.8. The van der Waals surface area contributed by atoms with Crippen molar-refractivity contribution >= 4 is 5.97 Å². The van der Waals surface area contributed by atoms with Gasteiger partial charge in [0.2, 0.25) is 0 Å². The van der Waals surface area contributed by atoms with E-state index in [2.05, 4.69) is 0 Å². The largest absolute Gasteiger partial charge is 0.490 e. The first kappa shape index (κ1) is 12.1. The van der Waals surface area contributed by atoms with Gasteiger partial charge in [0.1, 0.15) is 6.61 Å². The second kappa shape index (κ2) is 6.50. The molecule has 0 heterocycles. The Kier molecular flexibility index (Phi) is 4.92. The molecule has 0 amide bonds. The quantitative estimate of drug-likeness (QED) is 0.749. The molecule has 0 bridgehead atoms. The number of carboxylic acids is 1. The average Bonchev–Trinajstić information content (AvgIpc) is 2.26. The summed E-state index contributed by atoms with van der Waals surface area (Å²) in [6.07, 6.45) is 2.48. The predicted octanol–water partition coefficient (Wildman–Crippen LogP) is 2.10. The molecule has 0 atom stereocenters. The number of rotatable bonds is 6. The Hall–Kier alpha value is -1.97. The summed E-state index contributed by atoms with van der Waals surface area (Å²) in [5, 5.41) is 8.38. The summed E-state index contributed by atoms with van der Waals surface area (Å²) in [4.78, 5) is 10.2. The van der Waals surface area contributed by atoms with Crippen molar-refractivity contribution in [1.29, 1.82) is 0 Å². The lowest BCUT2D eigenvalue weighted by atomic mass is 10.3. The molecule has 0 aromatic heterocycles. The third kappa shape index (κ3) is 4.04. The van der Waals surface area contributed by atoms with E-state index in [9.17, 15) is 4.79 Å². The van der Waals surface area contributed by atoms with E-state index in [-0.39, 0.29) is 6.61 Å². The molecule has 0 fully saturated rings. The van der Waals surface area contributed by atoms with Crippen molar-refractivity contribution in [2.75, 3.05) is 13.2 Å². The minimum absolute atomic E-state index is 0.205. The van der Waals surface area contributed by atoms with Gasteiger partial charge in [0.25, 0.3) is 0 Å². The molecular formula is C12H14O4. The molecule has 1 rings (SSSR count). The standard InChI is InChI=1S/C12H14O4/c1-2-15-10-6-3-4-7-11(10)16-9-5-8-12(13)14/h3-8H,2,9H2,1H3,(H,13,14)/b8-5+. The lowest BCUT2D eigenvalue weighted by Crippen LogP contribution is -1.99. The second-order valence-corrected chi connectivity index (χ2v) is 2.93. The molecule has 4 heteroatoms. The number of para-hydroxylation sites is 2. The summed E-state index contributed by atoms with van der Waals surface area (Å²) < 4.78 is 10.7. The molecule has 1 aromatic rings. The Morgan fingerprint density at radius 2 is 1.94 bits per heavy atom. The zero-order valence-corrected chi connectivity index (χ0v) is 9.05. The Bertz CT molecular complexity index is 371. The van der Waals surface area contributed by atoms with Crippen LogP contribution >= 0.6 is 0 Å². The molecule has 0 saturated heterocycles. The number of benzene rings is 1. The van der Waals surface area contributed by atoms with Crippen molar-refractivity contribution in [3.63, 3.8) is 0 Å². The Balaban J connectivity index is 2.55. The fourth-order valence-electron chi connectivity index (χ4n) is 1.13. The van der Waals surface area contributed by atoms with Gasteiger partial charge in [-0.3, -0.25) is 0 Å². The van der Waals surface area contributed by atoms with Gasteiger partial charge in [-0.2, -0.15) is 0 Å². The highest BCUT2D eigenvalue weighted by molar-refractivity contribution is 5.79. The van der Waals surface area contributed by atoms with Crippen molar-refractivity contribution < 1.29 is 19.4 Å². The van der Waals surface area contributed by atoms with E-state index < -0.39 is 5.97 Å². The van der Waals surface area contributed by atoms with Crippen LogP contribution in [0.25, 0.3) is 0 Å². The van der Waals surface area contributed by atoms with Crippen molar-refractivity contribution in [2.24, 2.45) is 0 Å². The maximum atomic E-state index is 10.2. The van der Waals surface area contributed by atoms with Gasteiger partial charge in [-0.15, -0.1) is 0 Å². The molecule has 4 nitrogen and oxygen atoms in total. The molecule has 1 N–H and O–H groups in total. The van der Waals surface area contributed by atoms with Crippen molar-refractivity contribution in [3.05, 3.63) is 36.4 Å². The first-order chi connectivity index (χ1) is 7.74. The number of hydrogen-bond donors (Lipinski definition) is 1. The van der Waals surface area contributed by atoms with Crippen LogP contribution < -0.4 is 9.47 Å². The summed E-state index contributed by atoms with van der Waals surface area (Å²) in [5.41, 5.74) is 0. The summed E-state index contributed by atoms with van der Waals surface area (Å²) in [6.45, 7) is 2.66. The number of carboxylic acid groups (broad SMARTS) is 1. The maximum absolute atomic E-state index is 10.2. The highest BCUT2D eigenvalue weighted by atomic mass is 16.5. The summed E-state index contributed by atoms with van der Waals surface area (Å²) in [6, 6.07) is 7.27. The molecule has 1 aromatic carbocycles. The Labute approximate surface area is 94.1 Å². The Morgan fingerprint density at radius 1 is 1.31 bits per heavy atom. The maximum Gasteiger partial charge on any atom is 0.328 e. The fourth-order valence-corrected chi connectivity index (χ4v) is 1.13. The van der Waals surface area contributed by atoms with Crippen LogP contribution in [0, 0.1) is 0 Å². The van der Waals surface area contributed by atoms with Crippen LogP contribution in [0.4, 0.5) is 0 Å². The van der Waals surface area contributed by atoms with Crippen LogP contribution in [0.15, 0.2) is 36.4 Å². The van der Waals surface area contributed by atoms with Crippen LogP contribution in [-0.2, 0) is 4.79 Å². The van der Waals surface area contributed by atoms with Crippen LogP contribution in [0.5, 0.6) is 11.5 Å². The van der Waals surface area contributed by atoms with E-state index in [1.54, 1.807) is 12.1 Å². The molecule has 0 aliphatic heterocycles. The number of hydrogen-bond acceptors (Lipinski definition) is 3. The van der Waals surface area contributed by atoms with E-state index in [0.717, 1.165) is 6.08 Å². The topological polar surface area (TPSA) is 55.8 Å². The van der Waals surface area contributed by atoms with Gasteiger partial charge < -0.3 is 14.6 Å². The summed E-state index contributed by atoms with van der Waals surface area (Å²) in [5.74, 6) is 0.287. The molecule has 0 saturated carbocycles. The predicted molar refractivity (Wildman–Crippen MR) is 59.9 cm³/mol. The van der Waals surface area contributed by atoms with Gasteiger partial charge in [0.05, 0.1) is 6.61 Å².